The number of rotatable bonds is 7. The molecule has 2 saturated carbocycles. The van der Waals surface area contributed by atoms with Crippen molar-refractivity contribution in [3.8, 4) is 0 Å². The predicted molar refractivity (Wildman–Crippen MR) is 58.4 cm³/mol. The van der Waals surface area contributed by atoms with Gasteiger partial charge >= 0.3 is 5.97 Å². The molecule has 5 nitrogen and oxygen atoms in total. The average molecular weight is 247 g/mol. The van der Waals surface area contributed by atoms with E-state index in [0.29, 0.717) is 24.3 Å². The molecule has 0 aliphatic heterocycles. The molecule has 16 heavy (non-hydrogen) atoms. The number of carbonyl (C=O) groups is 1. The first-order valence-electron chi connectivity index (χ1n) is 5.67. The van der Waals surface area contributed by atoms with Crippen LogP contribution in [0, 0.1) is 17.8 Å². The van der Waals surface area contributed by atoms with Crippen LogP contribution < -0.4 is 4.72 Å². The Morgan fingerprint density at radius 2 is 1.75 bits per heavy atom. The van der Waals surface area contributed by atoms with Gasteiger partial charge in [0.1, 0.15) is 0 Å². The zero-order valence-corrected chi connectivity index (χ0v) is 9.87. The maximum Gasteiger partial charge on any atom is 0.320 e. The zero-order chi connectivity index (χ0) is 11.8. The molecule has 92 valence electrons. The van der Waals surface area contributed by atoms with E-state index in [1.165, 1.54) is 25.7 Å². The van der Waals surface area contributed by atoms with Crippen molar-refractivity contribution in [3.63, 3.8) is 0 Å². The summed E-state index contributed by atoms with van der Waals surface area (Å²) in [6.45, 7) is 0.422. The lowest BCUT2D eigenvalue weighted by atomic mass is 9.99. The van der Waals surface area contributed by atoms with E-state index in [9.17, 15) is 13.2 Å². The molecule has 0 aromatic heterocycles. The number of hydrogen-bond donors (Lipinski definition) is 2. The summed E-state index contributed by atoms with van der Waals surface area (Å²) in [4.78, 5) is 10.3. The summed E-state index contributed by atoms with van der Waals surface area (Å²) in [5.74, 6) is -0.361. The van der Waals surface area contributed by atoms with Crippen LogP contribution in [0.15, 0.2) is 0 Å². The zero-order valence-electron chi connectivity index (χ0n) is 9.05. The summed E-state index contributed by atoms with van der Waals surface area (Å²) < 4.78 is 25.1. The van der Waals surface area contributed by atoms with E-state index in [1.54, 1.807) is 0 Å². The molecule has 2 aliphatic carbocycles. The van der Waals surface area contributed by atoms with Crippen molar-refractivity contribution >= 4 is 16.0 Å². The molecular weight excluding hydrogens is 230 g/mol. The van der Waals surface area contributed by atoms with E-state index >= 15 is 0 Å². The van der Waals surface area contributed by atoms with Crippen LogP contribution in [0.1, 0.15) is 25.7 Å². The van der Waals surface area contributed by atoms with Gasteiger partial charge in [0.15, 0.2) is 5.75 Å². The molecule has 0 amide bonds. The lowest BCUT2D eigenvalue weighted by molar-refractivity contribution is -0.134. The molecular formula is C10H17NO4S. The Balaban J connectivity index is 1.82. The van der Waals surface area contributed by atoms with E-state index in [1.807, 2.05) is 0 Å². The van der Waals surface area contributed by atoms with Crippen molar-refractivity contribution in [1.29, 1.82) is 0 Å². The molecule has 0 saturated heterocycles. The summed E-state index contributed by atoms with van der Waals surface area (Å²) in [6.07, 6.45) is 4.79. The fourth-order valence-electron chi connectivity index (χ4n) is 2.20. The Bertz CT molecular complexity index is 358. The van der Waals surface area contributed by atoms with E-state index in [-0.39, 0.29) is 0 Å². The molecule has 0 spiro atoms. The Labute approximate surface area is 95.3 Å². The van der Waals surface area contributed by atoms with Crippen LogP contribution in [-0.4, -0.2) is 31.8 Å². The standard InChI is InChI=1S/C10H17NO4S/c12-10(13)6-16(14,15)11-5-9(7-1-2-7)8-3-4-8/h7-9,11H,1-6H2,(H,12,13). The molecule has 0 bridgehead atoms. The number of sulfonamides is 1. The third kappa shape index (κ3) is 3.45. The Kier molecular flexibility index (Phi) is 3.21. The van der Waals surface area contributed by atoms with Crippen LogP contribution in [0.25, 0.3) is 0 Å². The smallest absolute Gasteiger partial charge is 0.320 e. The number of nitrogens with one attached hydrogen (secondary N) is 1. The largest absolute Gasteiger partial charge is 0.480 e. The van der Waals surface area contributed by atoms with Crippen LogP contribution in [0.5, 0.6) is 0 Å². The van der Waals surface area contributed by atoms with Gasteiger partial charge in [-0.25, -0.2) is 13.1 Å². The summed E-state index contributed by atoms with van der Waals surface area (Å²) >= 11 is 0. The third-order valence-corrected chi connectivity index (χ3v) is 4.54. The van der Waals surface area contributed by atoms with Gasteiger partial charge < -0.3 is 5.11 Å². The Morgan fingerprint density at radius 3 is 2.12 bits per heavy atom. The average Bonchev–Trinajstić information content (AvgIpc) is 2.97. The van der Waals surface area contributed by atoms with Crippen molar-refractivity contribution < 1.29 is 18.3 Å². The van der Waals surface area contributed by atoms with Gasteiger partial charge in [0.2, 0.25) is 10.0 Å². The Hall–Kier alpha value is -0.620. The van der Waals surface area contributed by atoms with Gasteiger partial charge in [-0.05, 0) is 43.4 Å². The molecule has 2 fully saturated rings. The summed E-state index contributed by atoms with van der Waals surface area (Å²) in [6, 6.07) is 0. The highest BCUT2D eigenvalue weighted by Gasteiger charge is 2.41. The first-order valence-corrected chi connectivity index (χ1v) is 7.32. The number of carboxylic acids is 1. The normalized spacial score (nSPS) is 21.3. The van der Waals surface area contributed by atoms with Crippen LogP contribution in [0.4, 0.5) is 0 Å². The van der Waals surface area contributed by atoms with Gasteiger partial charge in [-0.15, -0.1) is 0 Å². The van der Waals surface area contributed by atoms with Gasteiger partial charge in [-0.2, -0.15) is 0 Å². The highest BCUT2D eigenvalue weighted by atomic mass is 32.2. The fourth-order valence-corrected chi connectivity index (χ4v) is 3.08. The summed E-state index contributed by atoms with van der Waals surface area (Å²) in [5.41, 5.74) is 0. The molecule has 2 N–H and O–H groups in total. The summed E-state index contributed by atoms with van der Waals surface area (Å²) in [7, 11) is -3.64. The SMILES string of the molecule is O=C(O)CS(=O)(=O)NCC(C1CC1)C1CC1. The maximum atomic E-state index is 11.3. The predicted octanol–water partition coefficient (Wildman–Crippen LogP) is 0.427. The van der Waals surface area contributed by atoms with Crippen molar-refractivity contribution in [2.75, 3.05) is 12.3 Å². The van der Waals surface area contributed by atoms with Gasteiger partial charge in [-0.3, -0.25) is 4.79 Å². The van der Waals surface area contributed by atoms with E-state index in [0.717, 1.165) is 0 Å². The Morgan fingerprint density at radius 1 is 1.25 bits per heavy atom. The molecule has 0 aromatic rings. The molecule has 0 unspecified atom stereocenters. The third-order valence-electron chi connectivity index (χ3n) is 3.31. The number of carboxylic acid groups (broad SMARTS) is 1. The molecule has 0 atom stereocenters. The van der Waals surface area contributed by atoms with Gasteiger partial charge in [0.05, 0.1) is 0 Å². The molecule has 2 rings (SSSR count). The molecule has 2 aliphatic rings. The highest BCUT2D eigenvalue weighted by Crippen LogP contribution is 2.48. The minimum absolute atomic E-state index is 0.422. The van der Waals surface area contributed by atoms with Crippen molar-refractivity contribution in [1.82, 2.24) is 4.72 Å². The van der Waals surface area contributed by atoms with Crippen LogP contribution in [-0.2, 0) is 14.8 Å². The van der Waals surface area contributed by atoms with Crippen LogP contribution in [0.3, 0.4) is 0 Å². The minimum atomic E-state index is -3.64. The van der Waals surface area contributed by atoms with E-state index in [2.05, 4.69) is 4.72 Å². The second kappa shape index (κ2) is 4.33. The van der Waals surface area contributed by atoms with Crippen molar-refractivity contribution in [2.24, 2.45) is 17.8 Å². The lowest BCUT2D eigenvalue weighted by Gasteiger charge is -2.15. The first-order chi connectivity index (χ1) is 7.48. The second-order valence-corrected chi connectivity index (χ2v) is 6.65. The van der Waals surface area contributed by atoms with Crippen LogP contribution >= 0.6 is 0 Å². The fraction of sp³-hybridized carbons (Fsp3) is 0.900. The van der Waals surface area contributed by atoms with E-state index < -0.39 is 21.7 Å². The van der Waals surface area contributed by atoms with Crippen LogP contribution in [0.2, 0.25) is 0 Å². The van der Waals surface area contributed by atoms with Crippen molar-refractivity contribution in [3.05, 3.63) is 0 Å². The number of aliphatic carboxylic acids is 1. The topological polar surface area (TPSA) is 83.5 Å². The number of hydrogen-bond acceptors (Lipinski definition) is 3. The van der Waals surface area contributed by atoms with Gasteiger partial charge in [0, 0.05) is 6.54 Å². The first kappa shape index (κ1) is 11.9. The lowest BCUT2D eigenvalue weighted by Crippen LogP contribution is -2.35. The minimum Gasteiger partial charge on any atom is -0.480 e. The van der Waals surface area contributed by atoms with E-state index in [4.69, 9.17) is 5.11 Å². The molecule has 0 radical (unpaired) electrons. The van der Waals surface area contributed by atoms with Crippen molar-refractivity contribution in [2.45, 2.75) is 25.7 Å². The summed E-state index contributed by atoms with van der Waals surface area (Å²) in [5, 5.41) is 8.44. The molecule has 0 heterocycles. The maximum absolute atomic E-state index is 11.3. The quantitative estimate of drug-likeness (QED) is 0.683. The highest BCUT2D eigenvalue weighted by molar-refractivity contribution is 7.90. The second-order valence-electron chi connectivity index (χ2n) is 4.84. The molecule has 6 heteroatoms. The monoisotopic (exact) mass is 247 g/mol. The molecule has 0 aromatic carbocycles. The van der Waals surface area contributed by atoms with Gasteiger partial charge in [0.25, 0.3) is 0 Å². The van der Waals surface area contributed by atoms with Gasteiger partial charge in [-0.1, -0.05) is 0 Å².